The SMILES string of the molecule is COC(=O)CSc1ccn(C)c(=O)n1. The standard InChI is InChI=1S/C8H10N2O3S/c1-10-4-3-6(9-8(10)12)14-5-7(11)13-2/h3-4H,5H2,1-2H3. The maximum Gasteiger partial charge on any atom is 0.348 e. The second-order valence-electron chi connectivity index (χ2n) is 2.52. The summed E-state index contributed by atoms with van der Waals surface area (Å²) in [5, 5.41) is 0.526. The minimum Gasteiger partial charge on any atom is -0.468 e. The molecule has 0 fully saturated rings. The van der Waals surface area contributed by atoms with Crippen LogP contribution in [0.2, 0.25) is 0 Å². The number of carbonyl (C=O) groups is 1. The summed E-state index contributed by atoms with van der Waals surface area (Å²) in [5.41, 5.74) is -0.333. The smallest absolute Gasteiger partial charge is 0.348 e. The van der Waals surface area contributed by atoms with Crippen molar-refractivity contribution >= 4 is 17.7 Å². The Labute approximate surface area is 85.1 Å². The number of esters is 1. The molecule has 0 amide bonds. The fraction of sp³-hybridized carbons (Fsp3) is 0.375. The number of nitrogens with zero attached hydrogens (tertiary/aromatic N) is 2. The third-order valence-electron chi connectivity index (χ3n) is 1.51. The van der Waals surface area contributed by atoms with Crippen LogP contribution in [-0.4, -0.2) is 28.4 Å². The lowest BCUT2D eigenvalue weighted by atomic mass is 10.7. The first kappa shape index (κ1) is 10.8. The van der Waals surface area contributed by atoms with Crippen LogP contribution in [0.1, 0.15) is 0 Å². The van der Waals surface area contributed by atoms with Gasteiger partial charge in [-0.15, -0.1) is 0 Å². The Morgan fingerprint density at radius 1 is 1.71 bits per heavy atom. The van der Waals surface area contributed by atoms with Gasteiger partial charge in [-0.25, -0.2) is 4.79 Å². The molecule has 1 aromatic rings. The van der Waals surface area contributed by atoms with Gasteiger partial charge >= 0.3 is 11.7 Å². The number of carbonyl (C=O) groups excluding carboxylic acids is 1. The Bertz CT molecular complexity index is 388. The van der Waals surface area contributed by atoms with Crippen molar-refractivity contribution in [3.63, 3.8) is 0 Å². The molecule has 6 heteroatoms. The number of methoxy groups -OCH3 is 1. The molecule has 1 aromatic heterocycles. The monoisotopic (exact) mass is 214 g/mol. The van der Waals surface area contributed by atoms with E-state index in [1.165, 1.54) is 23.4 Å². The highest BCUT2D eigenvalue weighted by molar-refractivity contribution is 7.99. The van der Waals surface area contributed by atoms with Crippen molar-refractivity contribution in [3.8, 4) is 0 Å². The van der Waals surface area contributed by atoms with Gasteiger partial charge < -0.3 is 9.30 Å². The van der Waals surface area contributed by atoms with Crippen molar-refractivity contribution in [2.24, 2.45) is 7.05 Å². The largest absolute Gasteiger partial charge is 0.468 e. The van der Waals surface area contributed by atoms with E-state index >= 15 is 0 Å². The summed E-state index contributed by atoms with van der Waals surface area (Å²) < 4.78 is 5.82. The summed E-state index contributed by atoms with van der Waals surface area (Å²) in [5.74, 6) is -0.172. The lowest BCUT2D eigenvalue weighted by molar-refractivity contribution is -0.137. The number of ether oxygens (including phenoxy) is 1. The van der Waals surface area contributed by atoms with E-state index in [1.807, 2.05) is 0 Å². The molecule has 0 aliphatic heterocycles. The van der Waals surface area contributed by atoms with Gasteiger partial charge in [0.2, 0.25) is 0 Å². The highest BCUT2D eigenvalue weighted by Crippen LogP contribution is 2.12. The Balaban J connectivity index is 2.65. The fourth-order valence-electron chi connectivity index (χ4n) is 0.722. The molecule has 0 saturated carbocycles. The summed E-state index contributed by atoms with van der Waals surface area (Å²) >= 11 is 1.18. The number of thioether (sulfide) groups is 1. The van der Waals surface area contributed by atoms with Crippen LogP contribution < -0.4 is 5.69 Å². The molecule has 0 radical (unpaired) electrons. The van der Waals surface area contributed by atoms with Gasteiger partial charge in [0.15, 0.2) is 0 Å². The Hall–Kier alpha value is -1.30. The molecule has 0 aliphatic carbocycles. The van der Waals surface area contributed by atoms with Crippen molar-refractivity contribution in [2.75, 3.05) is 12.9 Å². The van der Waals surface area contributed by atoms with Crippen LogP contribution in [0.15, 0.2) is 22.1 Å². The normalized spacial score (nSPS) is 9.86. The zero-order valence-corrected chi connectivity index (χ0v) is 8.71. The van der Waals surface area contributed by atoms with Crippen molar-refractivity contribution < 1.29 is 9.53 Å². The zero-order chi connectivity index (χ0) is 10.6. The number of aromatic nitrogens is 2. The third kappa shape index (κ3) is 2.88. The van der Waals surface area contributed by atoms with Gasteiger partial charge in [0.05, 0.1) is 12.9 Å². The second kappa shape index (κ2) is 4.80. The fourth-order valence-corrected chi connectivity index (χ4v) is 1.41. The summed E-state index contributed by atoms with van der Waals surface area (Å²) in [7, 11) is 2.93. The Morgan fingerprint density at radius 3 is 3.00 bits per heavy atom. The molecule has 0 aromatic carbocycles. The van der Waals surface area contributed by atoms with Crippen LogP contribution in [0.3, 0.4) is 0 Å². The molecular weight excluding hydrogens is 204 g/mol. The van der Waals surface area contributed by atoms with Crippen molar-refractivity contribution in [3.05, 3.63) is 22.7 Å². The van der Waals surface area contributed by atoms with E-state index in [-0.39, 0.29) is 17.4 Å². The van der Waals surface area contributed by atoms with E-state index in [0.29, 0.717) is 5.03 Å². The minimum absolute atomic E-state index is 0.163. The van der Waals surface area contributed by atoms with Crippen LogP contribution in [0, 0.1) is 0 Å². The van der Waals surface area contributed by atoms with Gasteiger partial charge in [0, 0.05) is 13.2 Å². The lowest BCUT2D eigenvalue weighted by Gasteiger charge is -2.00. The van der Waals surface area contributed by atoms with Crippen LogP contribution >= 0.6 is 11.8 Å². The van der Waals surface area contributed by atoms with E-state index in [1.54, 1.807) is 19.3 Å². The predicted octanol–water partition coefficient (Wildman–Crippen LogP) is 0.0454. The molecule has 1 heterocycles. The summed E-state index contributed by atoms with van der Waals surface area (Å²) in [6, 6.07) is 1.68. The first-order valence-electron chi connectivity index (χ1n) is 3.87. The maximum atomic E-state index is 11.1. The molecule has 0 atom stereocenters. The number of rotatable bonds is 3. The molecule has 76 valence electrons. The van der Waals surface area contributed by atoms with Gasteiger partial charge in [0.1, 0.15) is 5.03 Å². The van der Waals surface area contributed by atoms with E-state index in [0.717, 1.165) is 0 Å². The molecular formula is C8H10N2O3S. The van der Waals surface area contributed by atoms with E-state index < -0.39 is 0 Å². The van der Waals surface area contributed by atoms with Crippen molar-refractivity contribution in [1.82, 2.24) is 9.55 Å². The van der Waals surface area contributed by atoms with Crippen molar-refractivity contribution in [2.45, 2.75) is 5.03 Å². The van der Waals surface area contributed by atoms with Crippen LogP contribution in [0.25, 0.3) is 0 Å². The molecule has 0 unspecified atom stereocenters. The Kier molecular flexibility index (Phi) is 3.70. The van der Waals surface area contributed by atoms with Gasteiger partial charge in [-0.2, -0.15) is 4.98 Å². The molecule has 0 saturated heterocycles. The summed E-state index contributed by atoms with van der Waals surface area (Å²) in [4.78, 5) is 25.6. The van der Waals surface area contributed by atoms with Gasteiger partial charge in [-0.1, -0.05) is 11.8 Å². The Morgan fingerprint density at radius 2 is 2.43 bits per heavy atom. The number of hydrogen-bond donors (Lipinski definition) is 0. The summed E-state index contributed by atoms with van der Waals surface area (Å²) in [6.07, 6.45) is 1.61. The second-order valence-corrected chi connectivity index (χ2v) is 3.52. The molecule has 0 N–H and O–H groups in total. The highest BCUT2D eigenvalue weighted by Gasteiger charge is 2.03. The lowest BCUT2D eigenvalue weighted by Crippen LogP contribution is -2.19. The number of aryl methyl sites for hydroxylation is 1. The number of hydrogen-bond acceptors (Lipinski definition) is 5. The van der Waals surface area contributed by atoms with E-state index in [9.17, 15) is 9.59 Å². The van der Waals surface area contributed by atoms with Gasteiger partial charge in [-0.05, 0) is 6.07 Å². The minimum atomic E-state index is -0.336. The summed E-state index contributed by atoms with van der Waals surface area (Å²) in [6.45, 7) is 0. The molecule has 0 aliphatic rings. The molecule has 5 nitrogen and oxygen atoms in total. The highest BCUT2D eigenvalue weighted by atomic mass is 32.2. The molecule has 0 spiro atoms. The third-order valence-corrected chi connectivity index (χ3v) is 2.42. The van der Waals surface area contributed by atoms with Crippen LogP contribution in [-0.2, 0) is 16.6 Å². The van der Waals surface area contributed by atoms with Crippen molar-refractivity contribution in [1.29, 1.82) is 0 Å². The average Bonchev–Trinajstić information content (AvgIpc) is 2.19. The van der Waals surface area contributed by atoms with Gasteiger partial charge in [0.25, 0.3) is 0 Å². The topological polar surface area (TPSA) is 61.2 Å². The molecule has 0 bridgehead atoms. The van der Waals surface area contributed by atoms with E-state index in [4.69, 9.17) is 0 Å². The molecule has 1 rings (SSSR count). The maximum absolute atomic E-state index is 11.1. The van der Waals surface area contributed by atoms with Crippen LogP contribution in [0.4, 0.5) is 0 Å². The first-order valence-corrected chi connectivity index (χ1v) is 4.85. The quantitative estimate of drug-likeness (QED) is 0.404. The van der Waals surface area contributed by atoms with Gasteiger partial charge in [-0.3, -0.25) is 4.79 Å². The zero-order valence-electron chi connectivity index (χ0n) is 7.89. The van der Waals surface area contributed by atoms with Crippen LogP contribution in [0.5, 0.6) is 0 Å². The van der Waals surface area contributed by atoms with E-state index in [2.05, 4.69) is 9.72 Å². The predicted molar refractivity (Wildman–Crippen MR) is 52.2 cm³/mol. The molecule has 14 heavy (non-hydrogen) atoms. The average molecular weight is 214 g/mol. The first-order chi connectivity index (χ1) is 6.63.